The first kappa shape index (κ1) is 20.3. The highest BCUT2D eigenvalue weighted by molar-refractivity contribution is 9.11. The van der Waals surface area contributed by atoms with E-state index in [4.69, 9.17) is 17.3 Å². The highest BCUT2D eigenvalue weighted by Crippen LogP contribution is 2.38. The van der Waals surface area contributed by atoms with Gasteiger partial charge in [-0.1, -0.05) is 11.6 Å². The molecule has 0 aliphatic heterocycles. The Labute approximate surface area is 176 Å². The molecular weight excluding hydrogens is 504 g/mol. The summed E-state index contributed by atoms with van der Waals surface area (Å²) in [6.07, 6.45) is 0.504. The molecule has 0 aliphatic carbocycles. The molecule has 0 aliphatic rings. The Kier molecular flexibility index (Phi) is 5.90. The summed E-state index contributed by atoms with van der Waals surface area (Å²) in [5.41, 5.74) is 7.59. The maximum absolute atomic E-state index is 13.6. The number of carbonyl (C=O) groups excluding carboxylic acids is 1. The van der Waals surface area contributed by atoms with Crippen molar-refractivity contribution in [3.05, 3.63) is 55.2 Å². The topological polar surface area (TPSA) is 81.1 Å². The monoisotopic (exact) mass is 517 g/mol. The Hall–Kier alpha value is -1.48. The molecule has 9 heteroatoms. The van der Waals surface area contributed by atoms with Gasteiger partial charge in [-0.15, -0.1) is 0 Å². The highest BCUT2D eigenvalue weighted by atomic mass is 79.9. The van der Waals surface area contributed by atoms with Crippen molar-refractivity contribution in [3.63, 3.8) is 0 Å². The smallest absolute Gasteiger partial charge is 0.201 e. The molecule has 2 aromatic carbocycles. The quantitative estimate of drug-likeness (QED) is 0.459. The van der Waals surface area contributed by atoms with Crippen molar-refractivity contribution in [3.8, 4) is 0 Å². The van der Waals surface area contributed by atoms with Gasteiger partial charge in [-0.25, -0.2) is 9.37 Å². The predicted molar refractivity (Wildman–Crippen MR) is 111 cm³/mol. The number of nitrogens with two attached hydrogens (primary N) is 1. The summed E-state index contributed by atoms with van der Waals surface area (Å²) >= 11 is 13.0. The van der Waals surface area contributed by atoms with Crippen LogP contribution in [0.1, 0.15) is 35.3 Å². The van der Waals surface area contributed by atoms with Crippen molar-refractivity contribution >= 4 is 66.2 Å². The van der Waals surface area contributed by atoms with Crippen LogP contribution in [0.4, 0.5) is 10.3 Å². The first-order valence-corrected chi connectivity index (χ1v) is 9.98. The summed E-state index contributed by atoms with van der Waals surface area (Å²) in [6.45, 7) is 1.93. The Morgan fingerprint density at radius 3 is 2.78 bits per heavy atom. The normalized spacial score (nSPS) is 12.5. The number of rotatable bonds is 5. The summed E-state index contributed by atoms with van der Waals surface area (Å²) in [5.74, 6) is -0.731. The summed E-state index contributed by atoms with van der Waals surface area (Å²) in [5, 5.41) is 9.37. The first-order valence-electron chi connectivity index (χ1n) is 8.02. The Balaban J connectivity index is 2.21. The molecule has 0 unspecified atom stereocenters. The van der Waals surface area contributed by atoms with Crippen LogP contribution in [-0.4, -0.2) is 27.0 Å². The van der Waals surface area contributed by atoms with E-state index >= 15 is 0 Å². The highest BCUT2D eigenvalue weighted by Gasteiger charge is 2.25. The van der Waals surface area contributed by atoms with Gasteiger partial charge in [-0.05, 0) is 69.5 Å². The fraction of sp³-hybridized carbons (Fsp3) is 0.222. The van der Waals surface area contributed by atoms with Gasteiger partial charge < -0.3 is 15.4 Å². The number of imidazole rings is 1. The molecule has 0 bridgehead atoms. The summed E-state index contributed by atoms with van der Waals surface area (Å²) in [6, 6.07) is 5.28. The van der Waals surface area contributed by atoms with Crippen molar-refractivity contribution in [1.29, 1.82) is 0 Å². The number of aliphatic hydroxyl groups is 1. The number of nitrogens with zero attached hydrogens (tertiary/aromatic N) is 2. The number of ketones is 1. The van der Waals surface area contributed by atoms with Crippen molar-refractivity contribution in [2.45, 2.75) is 19.4 Å². The SMILES string of the molecule is C[C@H](CCO)n1c(N)nc2c(Br)c(C(=O)c3cc(F)ccc3Cl)c(Br)cc21. The van der Waals surface area contributed by atoms with E-state index in [1.54, 1.807) is 10.6 Å². The Bertz CT molecular complexity index is 1050. The molecule has 1 atom stereocenters. The molecule has 0 fully saturated rings. The minimum Gasteiger partial charge on any atom is -0.396 e. The van der Waals surface area contributed by atoms with Crippen molar-refractivity contribution in [2.24, 2.45) is 0 Å². The lowest BCUT2D eigenvalue weighted by Crippen LogP contribution is -2.10. The second-order valence-electron chi connectivity index (χ2n) is 6.07. The van der Waals surface area contributed by atoms with Gasteiger partial charge in [0.1, 0.15) is 11.3 Å². The van der Waals surface area contributed by atoms with E-state index in [0.717, 1.165) is 6.07 Å². The minimum atomic E-state index is -0.553. The van der Waals surface area contributed by atoms with E-state index in [1.807, 2.05) is 6.92 Å². The van der Waals surface area contributed by atoms with Crippen LogP contribution in [0.3, 0.4) is 0 Å². The lowest BCUT2D eigenvalue weighted by Gasteiger charge is -2.15. The van der Waals surface area contributed by atoms with Crippen LogP contribution < -0.4 is 5.73 Å². The van der Waals surface area contributed by atoms with Gasteiger partial charge in [0.15, 0.2) is 5.78 Å². The summed E-state index contributed by atoms with van der Waals surface area (Å²) in [4.78, 5) is 17.4. The van der Waals surface area contributed by atoms with Crippen LogP contribution in [0.15, 0.2) is 33.2 Å². The molecule has 3 N–H and O–H groups in total. The molecule has 27 heavy (non-hydrogen) atoms. The number of aromatic nitrogens is 2. The number of fused-ring (bicyclic) bond motifs is 1. The number of benzene rings is 2. The van der Waals surface area contributed by atoms with Gasteiger partial charge in [-0.3, -0.25) is 4.79 Å². The third kappa shape index (κ3) is 3.63. The van der Waals surface area contributed by atoms with E-state index in [0.29, 0.717) is 26.4 Å². The fourth-order valence-corrected chi connectivity index (χ4v) is 4.72. The standard InChI is InChI=1S/C18H15Br2ClFN3O2/c1-8(4-5-26)25-13-7-11(19)14(15(20)16(13)24-18(25)23)17(27)10-6-9(22)2-3-12(10)21/h2-3,6-8,26H,4-5H2,1H3,(H2,23,24)/t8-/m1/s1. The zero-order valence-electron chi connectivity index (χ0n) is 14.1. The van der Waals surface area contributed by atoms with Gasteiger partial charge >= 0.3 is 0 Å². The number of halogens is 4. The molecule has 0 amide bonds. The maximum atomic E-state index is 13.6. The molecule has 3 aromatic rings. The third-order valence-corrected chi connectivity index (χ3v) is 6.02. The van der Waals surface area contributed by atoms with Crippen molar-refractivity contribution < 1.29 is 14.3 Å². The number of carbonyl (C=O) groups is 1. The van der Waals surface area contributed by atoms with Gasteiger partial charge in [-0.2, -0.15) is 0 Å². The van der Waals surface area contributed by atoms with Crippen molar-refractivity contribution in [1.82, 2.24) is 9.55 Å². The van der Waals surface area contributed by atoms with Gasteiger partial charge in [0, 0.05) is 22.7 Å². The molecule has 0 saturated carbocycles. The van der Waals surface area contributed by atoms with Crippen LogP contribution in [0.2, 0.25) is 5.02 Å². The fourth-order valence-electron chi connectivity index (χ4n) is 2.97. The lowest BCUT2D eigenvalue weighted by atomic mass is 10.0. The molecule has 1 aromatic heterocycles. The molecule has 0 spiro atoms. The van der Waals surface area contributed by atoms with E-state index in [-0.39, 0.29) is 34.7 Å². The second kappa shape index (κ2) is 7.87. The average Bonchev–Trinajstić information content (AvgIpc) is 2.93. The molecular formula is C18H15Br2ClFN3O2. The number of nitrogen functional groups attached to an aromatic ring is 1. The Morgan fingerprint density at radius 1 is 1.41 bits per heavy atom. The van der Waals surface area contributed by atoms with E-state index < -0.39 is 11.6 Å². The van der Waals surface area contributed by atoms with Crippen LogP contribution >= 0.6 is 43.5 Å². The van der Waals surface area contributed by atoms with Crippen molar-refractivity contribution in [2.75, 3.05) is 12.3 Å². The van der Waals surface area contributed by atoms with E-state index in [1.165, 1.54) is 12.1 Å². The van der Waals surface area contributed by atoms with Crippen LogP contribution in [-0.2, 0) is 0 Å². The average molecular weight is 520 g/mol. The first-order chi connectivity index (χ1) is 12.8. The molecule has 142 valence electrons. The molecule has 5 nitrogen and oxygen atoms in total. The summed E-state index contributed by atoms with van der Waals surface area (Å²) < 4.78 is 16.3. The largest absolute Gasteiger partial charge is 0.396 e. The second-order valence-corrected chi connectivity index (χ2v) is 8.12. The number of hydrogen-bond acceptors (Lipinski definition) is 4. The van der Waals surface area contributed by atoms with Crippen LogP contribution in [0, 0.1) is 5.82 Å². The predicted octanol–water partition coefficient (Wildman–Crippen LogP) is 5.11. The zero-order chi connectivity index (χ0) is 19.9. The number of anilines is 1. The molecule has 0 saturated heterocycles. The molecule has 3 rings (SSSR count). The number of hydrogen-bond donors (Lipinski definition) is 2. The molecule has 1 heterocycles. The minimum absolute atomic E-state index is 0.0112. The lowest BCUT2D eigenvalue weighted by molar-refractivity contribution is 0.103. The Morgan fingerprint density at radius 2 is 2.11 bits per heavy atom. The van der Waals surface area contributed by atoms with Gasteiger partial charge in [0.2, 0.25) is 5.95 Å². The van der Waals surface area contributed by atoms with Gasteiger partial charge in [0.05, 0.1) is 20.6 Å². The molecule has 0 radical (unpaired) electrons. The van der Waals surface area contributed by atoms with E-state index in [2.05, 4.69) is 36.8 Å². The zero-order valence-corrected chi connectivity index (χ0v) is 18.1. The van der Waals surface area contributed by atoms with Gasteiger partial charge in [0.25, 0.3) is 0 Å². The van der Waals surface area contributed by atoms with Crippen LogP contribution in [0.25, 0.3) is 11.0 Å². The number of aliphatic hydroxyl groups excluding tert-OH is 1. The van der Waals surface area contributed by atoms with E-state index in [9.17, 15) is 14.3 Å². The third-order valence-electron chi connectivity index (χ3n) is 4.29. The summed E-state index contributed by atoms with van der Waals surface area (Å²) in [7, 11) is 0. The maximum Gasteiger partial charge on any atom is 0.201 e. The van der Waals surface area contributed by atoms with Crippen LogP contribution in [0.5, 0.6) is 0 Å².